The summed E-state index contributed by atoms with van der Waals surface area (Å²) in [5, 5.41) is 0. The number of rotatable bonds is 6. The van der Waals surface area contributed by atoms with E-state index in [-0.39, 0.29) is 0 Å². The highest BCUT2D eigenvalue weighted by Gasteiger charge is 2.28. The van der Waals surface area contributed by atoms with Crippen LogP contribution in [-0.4, -0.2) is 16.6 Å². The maximum absolute atomic E-state index is 5.70. The van der Waals surface area contributed by atoms with Gasteiger partial charge in [0.25, 0.3) is 0 Å². The Hall–Kier alpha value is -1.62. The average Bonchev–Trinajstić information content (AvgIpc) is 3.15. The molecule has 18 heavy (non-hydrogen) atoms. The molecule has 3 N–H and O–H groups in total. The minimum absolute atomic E-state index is 0.473. The van der Waals surface area contributed by atoms with Gasteiger partial charge in [-0.2, -0.15) is 4.98 Å². The third-order valence-electron chi connectivity index (χ3n) is 2.97. The largest absolute Gasteiger partial charge is 0.477 e. The Bertz CT molecular complexity index is 455. The number of hydrazine groups is 1. The van der Waals surface area contributed by atoms with Crippen LogP contribution in [0.5, 0.6) is 5.88 Å². The van der Waals surface area contributed by atoms with Gasteiger partial charge in [-0.25, -0.2) is 10.8 Å². The third-order valence-corrected chi connectivity index (χ3v) is 2.97. The van der Waals surface area contributed by atoms with Crippen LogP contribution in [0.1, 0.15) is 43.5 Å². The first-order chi connectivity index (χ1) is 8.61. The molecule has 0 unspecified atom stereocenters. The molecule has 1 saturated carbocycles. The number of hydrogen-bond acceptors (Lipinski definition) is 5. The Labute approximate surface area is 107 Å². The van der Waals surface area contributed by atoms with Crippen molar-refractivity contribution in [1.29, 1.82) is 0 Å². The molecule has 1 aliphatic carbocycles. The molecular formula is C13H20N4O. The smallest absolute Gasteiger partial charge is 0.221 e. The monoisotopic (exact) mass is 248 g/mol. The van der Waals surface area contributed by atoms with Gasteiger partial charge in [0, 0.05) is 12.3 Å². The predicted octanol–water partition coefficient (Wildman–Crippen LogP) is 2.29. The number of nitrogens with one attached hydrogen (secondary N) is 1. The molecule has 5 heteroatoms. The number of anilines is 1. The first kappa shape index (κ1) is 12.8. The van der Waals surface area contributed by atoms with Crippen molar-refractivity contribution in [2.24, 2.45) is 5.84 Å². The van der Waals surface area contributed by atoms with Crippen LogP contribution in [0.2, 0.25) is 0 Å². The molecule has 0 atom stereocenters. The van der Waals surface area contributed by atoms with Gasteiger partial charge in [0.05, 0.1) is 12.2 Å². The highest BCUT2D eigenvalue weighted by molar-refractivity contribution is 5.48. The quantitative estimate of drug-likeness (QED) is 0.459. The number of nitrogen functional groups attached to an aromatic ring is 1. The van der Waals surface area contributed by atoms with Gasteiger partial charge in [-0.3, -0.25) is 0 Å². The molecule has 1 aliphatic rings. The fourth-order valence-electron chi connectivity index (χ4n) is 1.64. The van der Waals surface area contributed by atoms with Gasteiger partial charge in [0.1, 0.15) is 11.6 Å². The number of hydrogen-bond donors (Lipinski definition) is 2. The number of ether oxygens (including phenoxy) is 1. The fraction of sp³-hybridized carbons (Fsp3) is 0.538. The standard InChI is InChI=1S/C13H20N4O/c1-8(2)6-7-18-13-9(3)11(17-14)15-12(16-13)10-4-5-10/h10H,1,4-7,14H2,2-3H3,(H,15,16,17). The van der Waals surface area contributed by atoms with E-state index in [4.69, 9.17) is 10.6 Å². The molecule has 2 rings (SSSR count). The van der Waals surface area contributed by atoms with Crippen molar-refractivity contribution < 1.29 is 4.74 Å². The number of aromatic nitrogens is 2. The second-order valence-corrected chi connectivity index (χ2v) is 4.83. The second-order valence-electron chi connectivity index (χ2n) is 4.83. The van der Waals surface area contributed by atoms with Gasteiger partial charge in [0.15, 0.2) is 0 Å². The van der Waals surface area contributed by atoms with Gasteiger partial charge < -0.3 is 10.2 Å². The molecule has 0 aromatic carbocycles. The summed E-state index contributed by atoms with van der Waals surface area (Å²) in [4.78, 5) is 8.89. The Kier molecular flexibility index (Phi) is 3.81. The molecule has 0 spiro atoms. The van der Waals surface area contributed by atoms with E-state index in [2.05, 4.69) is 22.0 Å². The number of nitrogens with zero attached hydrogens (tertiary/aromatic N) is 2. The van der Waals surface area contributed by atoms with Crippen LogP contribution in [-0.2, 0) is 0 Å². The van der Waals surface area contributed by atoms with E-state index in [0.717, 1.165) is 36.2 Å². The number of nitrogens with two attached hydrogens (primary N) is 1. The van der Waals surface area contributed by atoms with Gasteiger partial charge in [-0.05, 0) is 26.7 Å². The molecule has 1 aromatic rings. The molecule has 0 aliphatic heterocycles. The fourth-order valence-corrected chi connectivity index (χ4v) is 1.64. The first-order valence-electron chi connectivity index (χ1n) is 6.24. The molecule has 0 radical (unpaired) electrons. The highest BCUT2D eigenvalue weighted by atomic mass is 16.5. The third kappa shape index (κ3) is 2.98. The molecule has 1 aromatic heterocycles. The van der Waals surface area contributed by atoms with E-state index < -0.39 is 0 Å². The molecule has 0 amide bonds. The molecule has 5 nitrogen and oxygen atoms in total. The topological polar surface area (TPSA) is 73.1 Å². The summed E-state index contributed by atoms with van der Waals surface area (Å²) in [5.74, 6) is 8.06. The summed E-state index contributed by atoms with van der Waals surface area (Å²) in [6, 6.07) is 0. The van der Waals surface area contributed by atoms with Crippen LogP contribution < -0.4 is 16.0 Å². The van der Waals surface area contributed by atoms with Crippen molar-refractivity contribution in [2.75, 3.05) is 12.0 Å². The van der Waals surface area contributed by atoms with Gasteiger partial charge in [0.2, 0.25) is 5.88 Å². The molecular weight excluding hydrogens is 228 g/mol. The highest BCUT2D eigenvalue weighted by Crippen LogP contribution is 2.39. The van der Waals surface area contributed by atoms with Crippen molar-refractivity contribution in [1.82, 2.24) is 9.97 Å². The van der Waals surface area contributed by atoms with Crippen molar-refractivity contribution in [3.63, 3.8) is 0 Å². The predicted molar refractivity (Wildman–Crippen MR) is 71.5 cm³/mol. The zero-order valence-corrected chi connectivity index (χ0v) is 11.0. The summed E-state index contributed by atoms with van der Waals surface area (Å²) in [6.45, 7) is 8.33. The van der Waals surface area contributed by atoms with Crippen molar-refractivity contribution in [3.8, 4) is 5.88 Å². The SMILES string of the molecule is C=C(C)CCOc1nc(C2CC2)nc(NN)c1C. The van der Waals surface area contributed by atoms with Crippen molar-refractivity contribution in [2.45, 2.75) is 39.0 Å². The van der Waals surface area contributed by atoms with Crippen molar-refractivity contribution in [3.05, 3.63) is 23.5 Å². The normalized spacial score (nSPS) is 14.4. The summed E-state index contributed by atoms with van der Waals surface area (Å²) >= 11 is 0. The Morgan fingerprint density at radius 3 is 2.78 bits per heavy atom. The lowest BCUT2D eigenvalue weighted by Gasteiger charge is -2.12. The average molecular weight is 248 g/mol. The van der Waals surface area contributed by atoms with Crippen LogP contribution in [0.25, 0.3) is 0 Å². The maximum Gasteiger partial charge on any atom is 0.221 e. The zero-order chi connectivity index (χ0) is 13.1. The van der Waals surface area contributed by atoms with E-state index in [1.54, 1.807) is 0 Å². The lowest BCUT2D eigenvalue weighted by atomic mass is 10.2. The van der Waals surface area contributed by atoms with E-state index >= 15 is 0 Å². The lowest BCUT2D eigenvalue weighted by molar-refractivity contribution is 0.305. The van der Waals surface area contributed by atoms with Crippen LogP contribution in [0.15, 0.2) is 12.2 Å². The maximum atomic E-state index is 5.70. The molecule has 98 valence electrons. The Balaban J connectivity index is 2.15. The van der Waals surface area contributed by atoms with Gasteiger partial charge in [-0.1, -0.05) is 5.57 Å². The van der Waals surface area contributed by atoms with Crippen LogP contribution in [0.4, 0.5) is 5.82 Å². The van der Waals surface area contributed by atoms with Crippen LogP contribution in [0.3, 0.4) is 0 Å². The zero-order valence-electron chi connectivity index (χ0n) is 11.0. The van der Waals surface area contributed by atoms with Crippen LogP contribution in [0, 0.1) is 6.92 Å². The molecule has 1 heterocycles. The second kappa shape index (κ2) is 5.35. The molecule has 0 bridgehead atoms. The first-order valence-corrected chi connectivity index (χ1v) is 6.24. The summed E-state index contributed by atoms with van der Waals surface area (Å²) < 4.78 is 5.70. The summed E-state index contributed by atoms with van der Waals surface area (Å²) in [6.07, 6.45) is 3.13. The minimum Gasteiger partial charge on any atom is -0.477 e. The Morgan fingerprint density at radius 2 is 2.22 bits per heavy atom. The molecule has 0 saturated heterocycles. The minimum atomic E-state index is 0.473. The summed E-state index contributed by atoms with van der Waals surface area (Å²) in [5.41, 5.74) is 4.56. The van der Waals surface area contributed by atoms with Crippen molar-refractivity contribution >= 4 is 5.82 Å². The lowest BCUT2D eigenvalue weighted by Crippen LogP contribution is -2.14. The van der Waals surface area contributed by atoms with Gasteiger partial charge in [-0.15, -0.1) is 6.58 Å². The molecule has 1 fully saturated rings. The van der Waals surface area contributed by atoms with E-state index in [1.807, 2.05) is 13.8 Å². The van der Waals surface area contributed by atoms with E-state index in [9.17, 15) is 0 Å². The summed E-state index contributed by atoms with van der Waals surface area (Å²) in [7, 11) is 0. The van der Waals surface area contributed by atoms with E-state index in [1.165, 1.54) is 0 Å². The van der Waals surface area contributed by atoms with E-state index in [0.29, 0.717) is 24.2 Å². The Morgan fingerprint density at radius 1 is 1.50 bits per heavy atom. The van der Waals surface area contributed by atoms with Crippen LogP contribution >= 0.6 is 0 Å². The van der Waals surface area contributed by atoms with Gasteiger partial charge >= 0.3 is 0 Å².